The van der Waals surface area contributed by atoms with Crippen molar-refractivity contribution in [3.63, 3.8) is 0 Å². The van der Waals surface area contributed by atoms with Crippen molar-refractivity contribution in [2.24, 2.45) is 0 Å². The number of hydrogen-bond acceptors (Lipinski definition) is 3. The van der Waals surface area contributed by atoms with Crippen LogP contribution in [0.5, 0.6) is 11.5 Å². The van der Waals surface area contributed by atoms with Crippen LogP contribution in [0, 0.1) is 0 Å². The van der Waals surface area contributed by atoms with Gasteiger partial charge in [0, 0.05) is 6.07 Å². The standard InChI is InChI=1S/C10H10Cl2O3/c1-3-15-9-5-8(14-2)6(10(12)13)4-7(9)11/h4-5H,3H2,1-2H3. The number of carbonyl (C=O) groups excluding carboxylic acids is 1. The molecule has 0 N–H and O–H groups in total. The zero-order valence-electron chi connectivity index (χ0n) is 8.34. The Balaban J connectivity index is 3.22. The zero-order valence-corrected chi connectivity index (χ0v) is 9.85. The summed E-state index contributed by atoms with van der Waals surface area (Å²) < 4.78 is 10.3. The Labute approximate surface area is 97.9 Å². The molecular weight excluding hydrogens is 239 g/mol. The molecule has 1 rings (SSSR count). The van der Waals surface area contributed by atoms with Gasteiger partial charge in [-0.25, -0.2) is 0 Å². The van der Waals surface area contributed by atoms with Crippen LogP contribution < -0.4 is 9.47 Å². The van der Waals surface area contributed by atoms with Gasteiger partial charge >= 0.3 is 0 Å². The molecule has 0 heterocycles. The predicted molar refractivity (Wildman–Crippen MR) is 59.4 cm³/mol. The third kappa shape index (κ3) is 2.76. The lowest BCUT2D eigenvalue weighted by Gasteiger charge is -2.10. The molecule has 0 radical (unpaired) electrons. The van der Waals surface area contributed by atoms with Crippen molar-refractivity contribution in [1.82, 2.24) is 0 Å². The average Bonchev–Trinajstić information content (AvgIpc) is 2.20. The van der Waals surface area contributed by atoms with E-state index in [4.69, 9.17) is 32.7 Å². The van der Waals surface area contributed by atoms with Crippen LogP contribution in [0.1, 0.15) is 17.3 Å². The van der Waals surface area contributed by atoms with Gasteiger partial charge in [-0.3, -0.25) is 4.79 Å². The number of hydrogen-bond donors (Lipinski definition) is 0. The number of methoxy groups -OCH3 is 1. The highest BCUT2D eigenvalue weighted by Gasteiger charge is 2.14. The molecule has 3 nitrogen and oxygen atoms in total. The lowest BCUT2D eigenvalue weighted by Crippen LogP contribution is -1.99. The van der Waals surface area contributed by atoms with E-state index in [1.165, 1.54) is 13.2 Å². The molecule has 0 aliphatic rings. The van der Waals surface area contributed by atoms with Gasteiger partial charge in [0.2, 0.25) is 0 Å². The molecule has 0 spiro atoms. The number of ether oxygens (including phenoxy) is 2. The van der Waals surface area contributed by atoms with Crippen molar-refractivity contribution in [2.75, 3.05) is 13.7 Å². The highest BCUT2D eigenvalue weighted by molar-refractivity contribution is 6.68. The third-order valence-corrected chi connectivity index (χ3v) is 2.26. The Morgan fingerprint density at radius 2 is 2.07 bits per heavy atom. The van der Waals surface area contributed by atoms with E-state index >= 15 is 0 Å². The van der Waals surface area contributed by atoms with Gasteiger partial charge in [-0.1, -0.05) is 11.6 Å². The Bertz CT molecular complexity index is 377. The molecular formula is C10H10Cl2O3. The summed E-state index contributed by atoms with van der Waals surface area (Å²) in [4.78, 5) is 11.0. The van der Waals surface area contributed by atoms with Crippen LogP contribution in [-0.2, 0) is 0 Å². The first-order valence-corrected chi connectivity index (χ1v) is 5.05. The fourth-order valence-corrected chi connectivity index (χ4v) is 1.49. The molecule has 15 heavy (non-hydrogen) atoms. The van der Waals surface area contributed by atoms with Crippen LogP contribution in [0.3, 0.4) is 0 Å². The minimum absolute atomic E-state index is 0.229. The fourth-order valence-electron chi connectivity index (χ4n) is 1.12. The van der Waals surface area contributed by atoms with E-state index in [1.807, 2.05) is 6.92 Å². The first-order chi connectivity index (χ1) is 7.10. The number of rotatable bonds is 4. The largest absolute Gasteiger partial charge is 0.496 e. The van der Waals surface area contributed by atoms with Gasteiger partial charge in [0.05, 0.1) is 24.3 Å². The van der Waals surface area contributed by atoms with Crippen molar-refractivity contribution in [3.05, 3.63) is 22.7 Å². The van der Waals surface area contributed by atoms with E-state index < -0.39 is 5.24 Å². The lowest BCUT2D eigenvalue weighted by molar-refractivity contribution is 0.107. The smallest absolute Gasteiger partial charge is 0.256 e. The van der Waals surface area contributed by atoms with Crippen LogP contribution in [0.2, 0.25) is 5.02 Å². The zero-order chi connectivity index (χ0) is 11.4. The van der Waals surface area contributed by atoms with Gasteiger partial charge < -0.3 is 9.47 Å². The molecule has 0 fully saturated rings. The van der Waals surface area contributed by atoms with Crippen molar-refractivity contribution in [3.8, 4) is 11.5 Å². The van der Waals surface area contributed by atoms with Gasteiger partial charge in [-0.15, -0.1) is 0 Å². The molecule has 5 heteroatoms. The van der Waals surface area contributed by atoms with Crippen LogP contribution >= 0.6 is 23.2 Å². The Morgan fingerprint density at radius 1 is 1.40 bits per heavy atom. The summed E-state index contributed by atoms with van der Waals surface area (Å²) in [5.41, 5.74) is 0.229. The number of halogens is 2. The summed E-state index contributed by atoms with van der Waals surface area (Å²) >= 11 is 11.3. The average molecular weight is 249 g/mol. The first kappa shape index (κ1) is 12.1. The monoisotopic (exact) mass is 248 g/mol. The van der Waals surface area contributed by atoms with Gasteiger partial charge in [0.1, 0.15) is 11.5 Å². The Morgan fingerprint density at radius 3 is 2.53 bits per heavy atom. The number of benzene rings is 1. The summed E-state index contributed by atoms with van der Waals surface area (Å²) in [6.07, 6.45) is 0. The Kier molecular flexibility index (Phi) is 4.24. The van der Waals surface area contributed by atoms with Crippen LogP contribution in [0.25, 0.3) is 0 Å². The van der Waals surface area contributed by atoms with E-state index in [0.29, 0.717) is 23.1 Å². The molecule has 0 amide bonds. The molecule has 0 atom stereocenters. The first-order valence-electron chi connectivity index (χ1n) is 4.30. The molecule has 0 aliphatic heterocycles. The van der Waals surface area contributed by atoms with Crippen LogP contribution in [-0.4, -0.2) is 19.0 Å². The van der Waals surface area contributed by atoms with Gasteiger partial charge in [0.15, 0.2) is 0 Å². The molecule has 82 valence electrons. The molecule has 0 unspecified atom stereocenters. The molecule has 1 aromatic carbocycles. The van der Waals surface area contributed by atoms with Gasteiger partial charge in [0.25, 0.3) is 5.24 Å². The molecule has 0 bridgehead atoms. The summed E-state index contributed by atoms with van der Waals surface area (Å²) in [7, 11) is 1.45. The van der Waals surface area contributed by atoms with Crippen LogP contribution in [0.4, 0.5) is 0 Å². The quantitative estimate of drug-likeness (QED) is 0.769. The minimum atomic E-state index is -0.614. The van der Waals surface area contributed by atoms with Crippen molar-refractivity contribution in [1.29, 1.82) is 0 Å². The van der Waals surface area contributed by atoms with Crippen LogP contribution in [0.15, 0.2) is 12.1 Å². The second-order valence-corrected chi connectivity index (χ2v) is 3.44. The highest BCUT2D eigenvalue weighted by atomic mass is 35.5. The lowest BCUT2D eigenvalue weighted by atomic mass is 10.2. The summed E-state index contributed by atoms with van der Waals surface area (Å²) in [6, 6.07) is 2.97. The summed E-state index contributed by atoms with van der Waals surface area (Å²) in [5, 5.41) is -0.279. The molecule has 0 saturated carbocycles. The molecule has 1 aromatic rings. The number of carbonyl (C=O) groups is 1. The maximum Gasteiger partial charge on any atom is 0.256 e. The molecule has 0 aliphatic carbocycles. The fraction of sp³-hybridized carbons (Fsp3) is 0.300. The highest BCUT2D eigenvalue weighted by Crippen LogP contribution is 2.33. The maximum atomic E-state index is 11.0. The Hall–Kier alpha value is -0.930. The molecule has 0 saturated heterocycles. The topological polar surface area (TPSA) is 35.5 Å². The van der Waals surface area contributed by atoms with Gasteiger partial charge in [-0.2, -0.15) is 0 Å². The maximum absolute atomic E-state index is 11.0. The van der Waals surface area contributed by atoms with Gasteiger partial charge in [-0.05, 0) is 24.6 Å². The minimum Gasteiger partial charge on any atom is -0.496 e. The van der Waals surface area contributed by atoms with E-state index in [1.54, 1.807) is 6.07 Å². The van der Waals surface area contributed by atoms with E-state index in [9.17, 15) is 4.79 Å². The normalized spacial score (nSPS) is 9.87. The van der Waals surface area contributed by atoms with Crippen molar-refractivity contribution in [2.45, 2.75) is 6.92 Å². The SMILES string of the molecule is CCOc1cc(OC)c(C(=O)Cl)cc1Cl. The van der Waals surface area contributed by atoms with Crippen molar-refractivity contribution >= 4 is 28.4 Å². The third-order valence-electron chi connectivity index (χ3n) is 1.77. The predicted octanol–water partition coefficient (Wildman–Crippen LogP) is 3.13. The van der Waals surface area contributed by atoms with E-state index in [-0.39, 0.29) is 5.56 Å². The second kappa shape index (κ2) is 5.24. The van der Waals surface area contributed by atoms with E-state index in [2.05, 4.69) is 0 Å². The molecule has 0 aromatic heterocycles. The summed E-state index contributed by atoms with van der Waals surface area (Å²) in [6.45, 7) is 2.32. The second-order valence-electron chi connectivity index (χ2n) is 2.69. The van der Waals surface area contributed by atoms with Crippen molar-refractivity contribution < 1.29 is 14.3 Å². The summed E-state index contributed by atoms with van der Waals surface area (Å²) in [5.74, 6) is 0.820. The van der Waals surface area contributed by atoms with E-state index in [0.717, 1.165) is 0 Å².